The third-order valence-corrected chi connectivity index (χ3v) is 6.44. The van der Waals surface area contributed by atoms with E-state index >= 15 is 0 Å². The number of furan rings is 1. The largest absolute Gasteiger partial charge is 0.469 e. The summed E-state index contributed by atoms with van der Waals surface area (Å²) in [6.45, 7) is 0.410. The molecule has 6 nitrogen and oxygen atoms in total. The van der Waals surface area contributed by atoms with Crippen molar-refractivity contribution in [1.82, 2.24) is 15.2 Å². The van der Waals surface area contributed by atoms with Crippen molar-refractivity contribution in [2.24, 2.45) is 0 Å². The molecule has 1 saturated heterocycles. The molecule has 0 spiro atoms. The number of aromatic nitrogens is 1. The second-order valence-corrected chi connectivity index (χ2v) is 8.76. The zero-order chi connectivity index (χ0) is 21.8. The smallest absolute Gasteiger partial charge is 0.307 e. The first kappa shape index (κ1) is 21.7. The van der Waals surface area contributed by atoms with Crippen molar-refractivity contribution in [2.45, 2.75) is 28.5 Å². The van der Waals surface area contributed by atoms with Crippen molar-refractivity contribution in [2.75, 3.05) is 13.7 Å². The van der Waals surface area contributed by atoms with Gasteiger partial charge in [0.25, 0.3) is 0 Å². The van der Waals surface area contributed by atoms with E-state index in [0.717, 1.165) is 21.4 Å². The van der Waals surface area contributed by atoms with E-state index in [-0.39, 0.29) is 24.5 Å². The van der Waals surface area contributed by atoms with E-state index in [9.17, 15) is 4.79 Å². The number of halogens is 1. The molecule has 2 aromatic heterocycles. The molecule has 1 aliphatic heterocycles. The van der Waals surface area contributed by atoms with Crippen LogP contribution in [0.3, 0.4) is 0 Å². The van der Waals surface area contributed by atoms with Crippen LogP contribution in [0.2, 0.25) is 5.02 Å². The highest BCUT2D eigenvalue weighted by atomic mass is 35.5. The third kappa shape index (κ3) is 5.03. The van der Waals surface area contributed by atoms with Crippen LogP contribution < -0.4 is 5.32 Å². The van der Waals surface area contributed by atoms with Crippen LogP contribution in [-0.4, -0.2) is 34.6 Å². The minimum atomic E-state index is -0.290. The maximum Gasteiger partial charge on any atom is 0.307 e. The van der Waals surface area contributed by atoms with Crippen LogP contribution in [0.5, 0.6) is 0 Å². The molecule has 0 bridgehead atoms. The maximum absolute atomic E-state index is 11.7. The Kier molecular flexibility index (Phi) is 6.80. The average molecular weight is 474 g/mol. The molecular formula is C22H20ClN3O3S2. The minimum Gasteiger partial charge on any atom is -0.469 e. The first-order chi connectivity index (χ1) is 15.0. The number of nitrogens with one attached hydrogen (secondary N) is 1. The topological polar surface area (TPSA) is 67.6 Å². The van der Waals surface area contributed by atoms with Gasteiger partial charge in [-0.2, -0.15) is 0 Å². The second-order valence-electron chi connectivity index (χ2n) is 6.86. The Morgan fingerprint density at radius 3 is 2.77 bits per heavy atom. The fraction of sp³-hybridized carbons (Fsp3) is 0.227. The number of methoxy groups -OCH3 is 1. The molecule has 0 unspecified atom stereocenters. The Morgan fingerprint density at radius 1 is 1.26 bits per heavy atom. The van der Waals surface area contributed by atoms with Gasteiger partial charge in [-0.15, -0.1) is 0 Å². The number of carbonyl (C=O) groups is 1. The Bertz CT molecular complexity index is 1060. The number of ether oxygens (including phenoxy) is 1. The summed E-state index contributed by atoms with van der Waals surface area (Å²) in [6, 6.07) is 16.8. The number of benzene rings is 1. The summed E-state index contributed by atoms with van der Waals surface area (Å²) in [6.07, 6.45) is 1.97. The van der Waals surface area contributed by atoms with Gasteiger partial charge in [-0.1, -0.05) is 29.4 Å². The van der Waals surface area contributed by atoms with E-state index in [1.165, 1.54) is 18.9 Å². The highest BCUT2D eigenvalue weighted by molar-refractivity contribution is 7.99. The predicted octanol–water partition coefficient (Wildman–Crippen LogP) is 5.01. The van der Waals surface area contributed by atoms with Crippen molar-refractivity contribution in [3.05, 3.63) is 77.3 Å². The van der Waals surface area contributed by atoms with Gasteiger partial charge in [0.1, 0.15) is 11.8 Å². The molecule has 9 heteroatoms. The number of nitrogens with zero attached hydrogens (tertiary/aromatic N) is 2. The molecule has 160 valence electrons. The van der Waals surface area contributed by atoms with Crippen LogP contribution in [0, 0.1) is 0 Å². The Labute approximate surface area is 194 Å². The normalized spacial score (nSPS) is 18.1. The molecule has 1 aliphatic rings. The molecular weight excluding hydrogens is 454 g/mol. The number of carbonyl (C=O) groups excluding carboxylic acids is 1. The van der Waals surface area contributed by atoms with Gasteiger partial charge < -0.3 is 19.4 Å². The highest BCUT2D eigenvalue weighted by Gasteiger charge is 2.41. The monoisotopic (exact) mass is 473 g/mol. The Hall–Kier alpha value is -2.55. The van der Waals surface area contributed by atoms with E-state index < -0.39 is 0 Å². The van der Waals surface area contributed by atoms with Crippen molar-refractivity contribution >= 4 is 46.7 Å². The van der Waals surface area contributed by atoms with Gasteiger partial charge >= 0.3 is 5.97 Å². The second kappa shape index (κ2) is 9.72. The fourth-order valence-corrected chi connectivity index (χ4v) is 4.67. The third-order valence-electron chi connectivity index (χ3n) is 4.91. The van der Waals surface area contributed by atoms with Crippen LogP contribution in [0.4, 0.5) is 0 Å². The molecule has 0 saturated carbocycles. The zero-order valence-corrected chi connectivity index (χ0v) is 19.0. The summed E-state index contributed by atoms with van der Waals surface area (Å²) >= 11 is 13.1. The lowest BCUT2D eigenvalue weighted by Crippen LogP contribution is -2.31. The lowest BCUT2D eigenvalue weighted by molar-refractivity contribution is -0.140. The molecule has 1 N–H and O–H groups in total. The molecule has 0 radical (unpaired) electrons. The standard InChI is InChI=1S/C22H20ClN3O3S2/c1-28-18(27)11-13-26-21(20(25-22(26)30)16-4-2-3-12-24-16)17-9-10-19(29-17)31-15-7-5-14(23)6-8-15/h2-10,12,20-21H,11,13H2,1H3,(H,25,30)/t20-,21-/m1/s1. The number of pyridine rings is 1. The molecule has 1 fully saturated rings. The van der Waals surface area contributed by atoms with Gasteiger partial charge in [0.05, 0.1) is 25.3 Å². The number of hydrogen-bond acceptors (Lipinski definition) is 6. The van der Waals surface area contributed by atoms with Gasteiger partial charge in [-0.05, 0) is 60.7 Å². The van der Waals surface area contributed by atoms with E-state index in [2.05, 4.69) is 10.3 Å². The first-order valence-electron chi connectivity index (χ1n) is 9.63. The minimum absolute atomic E-state index is 0.203. The van der Waals surface area contributed by atoms with Crippen molar-refractivity contribution in [3.63, 3.8) is 0 Å². The molecule has 31 heavy (non-hydrogen) atoms. The lowest BCUT2D eigenvalue weighted by atomic mass is 10.0. The van der Waals surface area contributed by atoms with Crippen LogP contribution in [0.15, 0.2) is 75.2 Å². The zero-order valence-electron chi connectivity index (χ0n) is 16.7. The van der Waals surface area contributed by atoms with E-state index in [4.69, 9.17) is 33.0 Å². The van der Waals surface area contributed by atoms with Crippen LogP contribution in [-0.2, 0) is 9.53 Å². The Morgan fingerprint density at radius 2 is 2.06 bits per heavy atom. The maximum atomic E-state index is 11.7. The highest BCUT2D eigenvalue weighted by Crippen LogP contribution is 2.41. The number of esters is 1. The van der Waals surface area contributed by atoms with E-state index in [0.29, 0.717) is 16.7 Å². The summed E-state index contributed by atoms with van der Waals surface area (Å²) in [7, 11) is 1.38. The van der Waals surface area contributed by atoms with Crippen LogP contribution >= 0.6 is 35.6 Å². The number of hydrogen-bond donors (Lipinski definition) is 1. The Balaban J connectivity index is 1.61. The van der Waals surface area contributed by atoms with Crippen molar-refractivity contribution < 1.29 is 13.9 Å². The quantitative estimate of drug-likeness (QED) is 0.379. The van der Waals surface area contributed by atoms with Crippen molar-refractivity contribution in [3.8, 4) is 0 Å². The summed E-state index contributed by atoms with van der Waals surface area (Å²) in [5.74, 6) is 0.450. The van der Waals surface area contributed by atoms with E-state index in [1.54, 1.807) is 6.20 Å². The molecule has 0 aliphatic carbocycles. The number of thiocarbonyl (C=S) groups is 1. The fourth-order valence-electron chi connectivity index (χ4n) is 3.44. The summed E-state index contributed by atoms with van der Waals surface area (Å²) < 4.78 is 11.0. The van der Waals surface area contributed by atoms with Gasteiger partial charge in [-0.25, -0.2) is 0 Å². The number of rotatable bonds is 7. The molecule has 0 amide bonds. The lowest BCUT2D eigenvalue weighted by Gasteiger charge is -2.25. The molecule has 2 atom stereocenters. The van der Waals surface area contributed by atoms with Gasteiger partial charge in [-0.3, -0.25) is 9.78 Å². The molecule has 3 heterocycles. The molecule has 3 aromatic rings. The SMILES string of the molecule is COC(=O)CCN1C(=S)N[C@H](c2ccccn2)[C@H]1c1ccc(Sc2ccc(Cl)cc2)o1. The predicted molar refractivity (Wildman–Crippen MR) is 123 cm³/mol. The summed E-state index contributed by atoms with van der Waals surface area (Å²) in [5, 5.41) is 5.33. The van der Waals surface area contributed by atoms with Gasteiger partial charge in [0.2, 0.25) is 0 Å². The van der Waals surface area contributed by atoms with Gasteiger partial charge in [0.15, 0.2) is 10.2 Å². The van der Waals surface area contributed by atoms with Crippen LogP contribution in [0.1, 0.15) is 30.0 Å². The molecule has 4 rings (SSSR count). The van der Waals surface area contributed by atoms with E-state index in [1.807, 2.05) is 59.5 Å². The summed E-state index contributed by atoms with van der Waals surface area (Å²) in [4.78, 5) is 19.2. The summed E-state index contributed by atoms with van der Waals surface area (Å²) in [5.41, 5.74) is 0.846. The van der Waals surface area contributed by atoms with Crippen LogP contribution in [0.25, 0.3) is 0 Å². The first-order valence-corrected chi connectivity index (χ1v) is 11.2. The molecule has 1 aromatic carbocycles. The average Bonchev–Trinajstić information content (AvgIpc) is 3.38. The van der Waals surface area contributed by atoms with Gasteiger partial charge in [0, 0.05) is 22.7 Å². The van der Waals surface area contributed by atoms with Crippen molar-refractivity contribution in [1.29, 1.82) is 0 Å².